The summed E-state index contributed by atoms with van der Waals surface area (Å²) in [5.41, 5.74) is 0.939. The Morgan fingerprint density at radius 1 is 0.922 bits per heavy atom. The molecule has 3 N–H and O–H groups in total. The van der Waals surface area contributed by atoms with Crippen LogP contribution in [0.5, 0.6) is 0 Å². The van der Waals surface area contributed by atoms with Crippen molar-refractivity contribution in [2.75, 3.05) is 70.5 Å². The van der Waals surface area contributed by atoms with Gasteiger partial charge in [-0.2, -0.15) is 13.2 Å². The molecule has 4 heterocycles. The number of nitrogens with one attached hydrogen (secondary N) is 3. The summed E-state index contributed by atoms with van der Waals surface area (Å²) in [5, 5.41) is 8.34. The van der Waals surface area contributed by atoms with Crippen molar-refractivity contribution in [2.24, 2.45) is 11.8 Å². The third kappa shape index (κ3) is 8.68. The fourth-order valence-corrected chi connectivity index (χ4v) is 8.70. The van der Waals surface area contributed by atoms with E-state index in [4.69, 9.17) is 11.6 Å². The van der Waals surface area contributed by atoms with Crippen molar-refractivity contribution < 1.29 is 27.6 Å². The van der Waals surface area contributed by atoms with E-state index >= 15 is 0 Å². The monoisotopic (exact) mass is 731 g/mol. The zero-order chi connectivity index (χ0) is 36.3. The summed E-state index contributed by atoms with van der Waals surface area (Å²) < 4.78 is 42.1. The Balaban J connectivity index is 1.13. The summed E-state index contributed by atoms with van der Waals surface area (Å²) in [5.74, 6) is 0.851. The summed E-state index contributed by atoms with van der Waals surface area (Å²) >= 11 is 6.31. The molecule has 3 saturated heterocycles. The average molecular weight is 732 g/mol. The van der Waals surface area contributed by atoms with Crippen LogP contribution in [0.4, 0.5) is 34.1 Å². The maximum atomic E-state index is 14.1. The van der Waals surface area contributed by atoms with Crippen molar-refractivity contribution in [3.05, 3.63) is 58.1 Å². The SMILES string of the molecule is CNc1c(Cl)cc(CC(NC(=O)N2CCC(N3CCc4ccccc4NC3=O)CC2)C(=O)N2CCC(C3CCN(C)CC3)CC2)cc1C(F)(F)F. The molecule has 6 rings (SSSR count). The second-order valence-electron chi connectivity index (χ2n) is 14.5. The Bertz CT molecular complexity index is 1570. The molecular formula is C37H49ClF3N7O3. The molecule has 1 atom stereocenters. The lowest BCUT2D eigenvalue weighted by Gasteiger charge is -2.41. The second kappa shape index (κ2) is 15.9. The number of amides is 5. The Hall–Kier alpha value is -3.71. The zero-order valence-electron chi connectivity index (χ0n) is 29.4. The van der Waals surface area contributed by atoms with Crippen LogP contribution in [0.3, 0.4) is 0 Å². The first-order chi connectivity index (χ1) is 24.4. The Morgan fingerprint density at radius 2 is 1.55 bits per heavy atom. The smallest absolute Gasteiger partial charge is 0.386 e. The lowest BCUT2D eigenvalue weighted by molar-refractivity contribution is -0.137. The number of carbonyl (C=O) groups excluding carboxylic acids is 3. The van der Waals surface area contributed by atoms with E-state index in [1.54, 1.807) is 9.80 Å². The molecule has 2 aromatic carbocycles. The third-order valence-corrected chi connectivity index (χ3v) is 11.7. The molecule has 0 spiro atoms. The molecule has 1 unspecified atom stereocenters. The number of hydrogen-bond donors (Lipinski definition) is 3. The van der Waals surface area contributed by atoms with Crippen molar-refractivity contribution in [3.8, 4) is 0 Å². The molecule has 51 heavy (non-hydrogen) atoms. The van der Waals surface area contributed by atoms with Crippen LogP contribution in [0.15, 0.2) is 36.4 Å². The first kappa shape index (κ1) is 37.1. The molecule has 5 amide bonds. The van der Waals surface area contributed by atoms with Crippen molar-refractivity contribution >= 4 is 40.9 Å². The lowest BCUT2D eigenvalue weighted by Crippen LogP contribution is -2.57. The van der Waals surface area contributed by atoms with Gasteiger partial charge in [-0.15, -0.1) is 0 Å². The van der Waals surface area contributed by atoms with Crippen molar-refractivity contribution in [3.63, 3.8) is 0 Å². The van der Waals surface area contributed by atoms with Crippen LogP contribution in [-0.2, 0) is 23.8 Å². The molecule has 3 fully saturated rings. The van der Waals surface area contributed by atoms with Gasteiger partial charge in [0.15, 0.2) is 0 Å². The summed E-state index contributed by atoms with van der Waals surface area (Å²) in [6.45, 7) is 4.55. The van der Waals surface area contributed by atoms with Crippen LogP contribution in [0.1, 0.15) is 55.2 Å². The maximum Gasteiger partial charge on any atom is 0.418 e. The van der Waals surface area contributed by atoms with E-state index in [0.29, 0.717) is 57.4 Å². The van der Waals surface area contributed by atoms with Crippen molar-refractivity contribution in [1.29, 1.82) is 0 Å². The number of urea groups is 2. The van der Waals surface area contributed by atoms with Gasteiger partial charge in [-0.05, 0) is 106 Å². The van der Waals surface area contributed by atoms with E-state index in [9.17, 15) is 27.6 Å². The highest BCUT2D eigenvalue weighted by atomic mass is 35.5. The molecule has 2 aromatic rings. The van der Waals surface area contributed by atoms with Gasteiger partial charge >= 0.3 is 18.2 Å². The number of piperidine rings is 3. The zero-order valence-corrected chi connectivity index (χ0v) is 30.2. The van der Waals surface area contributed by atoms with E-state index < -0.39 is 23.8 Å². The fraction of sp³-hybridized carbons (Fsp3) is 0.595. The summed E-state index contributed by atoms with van der Waals surface area (Å²) in [6, 6.07) is 8.44. The quantitative estimate of drug-likeness (QED) is 0.317. The molecule has 10 nitrogen and oxygen atoms in total. The first-order valence-electron chi connectivity index (χ1n) is 18.2. The largest absolute Gasteiger partial charge is 0.418 e. The van der Waals surface area contributed by atoms with Crippen LogP contribution in [-0.4, -0.2) is 110 Å². The number of benzene rings is 2. The average Bonchev–Trinajstić information content (AvgIpc) is 3.29. The number of hydrogen-bond acceptors (Lipinski definition) is 5. The Morgan fingerprint density at radius 3 is 2.20 bits per heavy atom. The topological polar surface area (TPSA) is 100 Å². The summed E-state index contributed by atoms with van der Waals surface area (Å²) in [7, 11) is 3.51. The van der Waals surface area contributed by atoms with Gasteiger partial charge in [0, 0.05) is 57.9 Å². The Kier molecular flexibility index (Phi) is 11.5. The predicted molar refractivity (Wildman–Crippen MR) is 192 cm³/mol. The molecule has 4 aliphatic heterocycles. The highest BCUT2D eigenvalue weighted by Crippen LogP contribution is 2.40. The molecule has 0 bridgehead atoms. The van der Waals surface area contributed by atoms with Crippen molar-refractivity contribution in [1.82, 2.24) is 24.9 Å². The highest BCUT2D eigenvalue weighted by molar-refractivity contribution is 6.33. The van der Waals surface area contributed by atoms with Crippen LogP contribution in [0, 0.1) is 11.8 Å². The van der Waals surface area contributed by atoms with Crippen LogP contribution in [0.25, 0.3) is 0 Å². The van der Waals surface area contributed by atoms with Gasteiger partial charge in [-0.1, -0.05) is 29.8 Å². The number of para-hydroxylation sites is 1. The molecule has 0 radical (unpaired) electrons. The van der Waals surface area contributed by atoms with Gasteiger partial charge in [0.2, 0.25) is 5.91 Å². The normalized spacial score (nSPS) is 20.7. The minimum absolute atomic E-state index is 0.0553. The van der Waals surface area contributed by atoms with Gasteiger partial charge in [0.25, 0.3) is 0 Å². The molecule has 0 aliphatic carbocycles. The molecule has 0 aromatic heterocycles. The van der Waals surface area contributed by atoms with Crippen LogP contribution in [0.2, 0.25) is 5.02 Å². The third-order valence-electron chi connectivity index (χ3n) is 11.4. The van der Waals surface area contributed by atoms with E-state index in [0.717, 1.165) is 62.5 Å². The number of nitrogens with zero attached hydrogens (tertiary/aromatic N) is 4. The molecule has 278 valence electrons. The van der Waals surface area contributed by atoms with E-state index in [1.807, 2.05) is 29.2 Å². The molecule has 14 heteroatoms. The molecular weight excluding hydrogens is 683 g/mol. The van der Waals surface area contributed by atoms with Gasteiger partial charge in [-0.3, -0.25) is 4.79 Å². The maximum absolute atomic E-state index is 14.1. The first-order valence-corrected chi connectivity index (χ1v) is 18.5. The van der Waals surface area contributed by atoms with Crippen LogP contribution < -0.4 is 16.0 Å². The van der Waals surface area contributed by atoms with E-state index in [2.05, 4.69) is 27.9 Å². The minimum Gasteiger partial charge on any atom is -0.386 e. The van der Waals surface area contributed by atoms with Gasteiger partial charge in [-0.25, -0.2) is 9.59 Å². The minimum atomic E-state index is -4.67. The number of fused-ring (bicyclic) bond motifs is 1. The van der Waals surface area contributed by atoms with Gasteiger partial charge < -0.3 is 35.6 Å². The van der Waals surface area contributed by atoms with Crippen molar-refractivity contribution in [2.45, 2.75) is 69.6 Å². The molecule has 4 aliphatic rings. The molecule has 0 saturated carbocycles. The summed E-state index contributed by atoms with van der Waals surface area (Å²) in [4.78, 5) is 48.5. The number of likely N-dealkylation sites (tertiary alicyclic amines) is 3. The number of halogens is 4. The summed E-state index contributed by atoms with van der Waals surface area (Å²) in [6.07, 6.45) is 1.06. The number of alkyl halides is 3. The number of carbonyl (C=O) groups is 3. The van der Waals surface area contributed by atoms with Gasteiger partial charge in [0.05, 0.1) is 16.3 Å². The Labute approximate surface area is 303 Å². The lowest BCUT2D eigenvalue weighted by atomic mass is 9.79. The van der Waals surface area contributed by atoms with E-state index in [-0.39, 0.29) is 40.7 Å². The van der Waals surface area contributed by atoms with Crippen LogP contribution >= 0.6 is 11.6 Å². The van der Waals surface area contributed by atoms with Gasteiger partial charge in [0.1, 0.15) is 6.04 Å². The second-order valence-corrected chi connectivity index (χ2v) is 14.9. The standard InChI is InChI=1S/C37H49ClF3N7O3/c1-42-33-29(37(39,40)41)21-24(22-30(33)38)23-32(34(49)46-16-9-26(10-17-46)25-7-14-45(2)15-8-25)44-35(50)47-18-12-28(13-19-47)48-20-11-27-5-3-4-6-31(27)43-36(48)51/h3-6,21-22,25-26,28,32,42H,7-20,23H2,1-2H3,(H,43,51)(H,44,50). The van der Waals surface area contributed by atoms with E-state index in [1.165, 1.54) is 13.1 Å². The predicted octanol–water partition coefficient (Wildman–Crippen LogP) is 6.16. The fourth-order valence-electron chi connectivity index (χ4n) is 8.36. The number of anilines is 2. The highest BCUT2D eigenvalue weighted by Gasteiger charge is 2.38. The number of rotatable bonds is 7.